The number of carbonyl (C=O) groups excluding carboxylic acids is 2. The molecule has 1 aromatic carbocycles. The number of nitrogens with one attached hydrogen (secondary N) is 1. The number of benzene rings is 1. The second kappa shape index (κ2) is 8.18. The lowest BCUT2D eigenvalue weighted by molar-refractivity contribution is -0.122. The van der Waals surface area contributed by atoms with Crippen molar-refractivity contribution in [1.82, 2.24) is 20.0 Å². The first-order chi connectivity index (χ1) is 13.0. The van der Waals surface area contributed by atoms with Gasteiger partial charge in [0.05, 0.1) is 22.7 Å². The van der Waals surface area contributed by atoms with E-state index in [0.717, 1.165) is 10.6 Å². The molecule has 2 amide bonds. The van der Waals surface area contributed by atoms with Gasteiger partial charge in [0.2, 0.25) is 5.91 Å². The number of hydrogen-bond acceptors (Lipinski definition) is 4. The highest BCUT2D eigenvalue weighted by atomic mass is 32.1. The van der Waals surface area contributed by atoms with Gasteiger partial charge in [-0.1, -0.05) is 24.3 Å². The van der Waals surface area contributed by atoms with Crippen LogP contribution in [0.1, 0.15) is 24.2 Å². The Morgan fingerprint density at radius 3 is 2.56 bits per heavy atom. The number of thiophene rings is 1. The Bertz CT molecular complexity index is 917. The summed E-state index contributed by atoms with van der Waals surface area (Å²) in [5, 5.41) is 9.38. The first-order valence-electron chi connectivity index (χ1n) is 8.69. The molecule has 3 rings (SSSR count). The van der Waals surface area contributed by atoms with Crippen molar-refractivity contribution in [3.63, 3.8) is 0 Å². The third-order valence-electron chi connectivity index (χ3n) is 3.90. The summed E-state index contributed by atoms with van der Waals surface area (Å²) in [5.41, 5.74) is 1.96. The van der Waals surface area contributed by atoms with Gasteiger partial charge in [-0.05, 0) is 37.4 Å². The third-order valence-corrected chi connectivity index (χ3v) is 4.77. The second-order valence-corrected chi connectivity index (χ2v) is 7.48. The minimum atomic E-state index is -0.237. The van der Waals surface area contributed by atoms with Crippen molar-refractivity contribution < 1.29 is 9.59 Å². The Hall–Kier alpha value is -2.93. The van der Waals surface area contributed by atoms with Gasteiger partial charge >= 0.3 is 0 Å². The van der Waals surface area contributed by atoms with Crippen LogP contribution in [0.4, 0.5) is 0 Å². The lowest BCUT2D eigenvalue weighted by Crippen LogP contribution is -2.40. The van der Waals surface area contributed by atoms with Crippen molar-refractivity contribution >= 4 is 23.2 Å². The van der Waals surface area contributed by atoms with Gasteiger partial charge in [0.1, 0.15) is 5.69 Å². The lowest BCUT2D eigenvalue weighted by atomic mass is 10.2. The van der Waals surface area contributed by atoms with Crippen molar-refractivity contribution in [2.75, 3.05) is 13.6 Å². The molecule has 0 fully saturated rings. The van der Waals surface area contributed by atoms with E-state index in [-0.39, 0.29) is 24.4 Å². The summed E-state index contributed by atoms with van der Waals surface area (Å²) in [4.78, 5) is 27.4. The molecule has 2 aromatic heterocycles. The van der Waals surface area contributed by atoms with Crippen molar-refractivity contribution in [1.29, 1.82) is 0 Å². The monoisotopic (exact) mass is 382 g/mol. The predicted octanol–water partition coefficient (Wildman–Crippen LogP) is 3.20. The molecule has 27 heavy (non-hydrogen) atoms. The van der Waals surface area contributed by atoms with E-state index in [9.17, 15) is 9.59 Å². The van der Waals surface area contributed by atoms with Crippen LogP contribution in [-0.4, -0.2) is 46.1 Å². The van der Waals surface area contributed by atoms with Crippen molar-refractivity contribution in [3.8, 4) is 16.3 Å². The van der Waals surface area contributed by atoms with Crippen molar-refractivity contribution in [2.24, 2.45) is 0 Å². The Balaban J connectivity index is 1.92. The predicted molar refractivity (Wildman–Crippen MR) is 107 cm³/mol. The lowest BCUT2D eigenvalue weighted by Gasteiger charge is -2.17. The summed E-state index contributed by atoms with van der Waals surface area (Å²) in [6.45, 7) is 3.77. The van der Waals surface area contributed by atoms with Crippen LogP contribution in [0, 0.1) is 0 Å². The average Bonchev–Trinajstić information content (AvgIpc) is 3.30. The second-order valence-electron chi connectivity index (χ2n) is 6.53. The van der Waals surface area contributed by atoms with E-state index in [1.54, 1.807) is 17.9 Å². The summed E-state index contributed by atoms with van der Waals surface area (Å²) in [7, 11) is 1.63. The molecule has 0 bridgehead atoms. The van der Waals surface area contributed by atoms with Gasteiger partial charge in [-0.2, -0.15) is 5.10 Å². The number of carbonyl (C=O) groups is 2. The van der Waals surface area contributed by atoms with Gasteiger partial charge in [0, 0.05) is 19.3 Å². The zero-order chi connectivity index (χ0) is 19.4. The molecule has 0 radical (unpaired) electrons. The van der Waals surface area contributed by atoms with Crippen LogP contribution in [0.3, 0.4) is 0 Å². The van der Waals surface area contributed by atoms with Crippen LogP contribution in [0.25, 0.3) is 16.3 Å². The van der Waals surface area contributed by atoms with Gasteiger partial charge in [-0.25, -0.2) is 4.68 Å². The highest BCUT2D eigenvalue weighted by molar-refractivity contribution is 7.13. The largest absolute Gasteiger partial charge is 0.352 e. The summed E-state index contributed by atoms with van der Waals surface area (Å²) in [5.74, 6) is -0.423. The van der Waals surface area contributed by atoms with E-state index < -0.39 is 0 Å². The van der Waals surface area contributed by atoms with Crippen molar-refractivity contribution in [2.45, 2.75) is 19.9 Å². The zero-order valence-electron chi connectivity index (χ0n) is 15.5. The Kier molecular flexibility index (Phi) is 5.71. The van der Waals surface area contributed by atoms with Crippen LogP contribution in [0.2, 0.25) is 0 Å². The molecule has 0 aliphatic heterocycles. The number of nitrogens with zero attached hydrogens (tertiary/aromatic N) is 3. The maximum Gasteiger partial charge on any atom is 0.257 e. The zero-order valence-corrected chi connectivity index (χ0v) is 16.4. The fraction of sp³-hybridized carbons (Fsp3) is 0.250. The summed E-state index contributed by atoms with van der Waals surface area (Å²) < 4.78 is 1.70. The van der Waals surface area contributed by atoms with Crippen LogP contribution < -0.4 is 5.32 Å². The van der Waals surface area contributed by atoms with Gasteiger partial charge in [-0.3, -0.25) is 9.59 Å². The molecular formula is C20H22N4O2S. The molecule has 3 aromatic rings. The first kappa shape index (κ1) is 18.8. The minimum absolute atomic E-state index is 0.00257. The Morgan fingerprint density at radius 2 is 1.93 bits per heavy atom. The maximum atomic E-state index is 13.0. The Morgan fingerprint density at radius 1 is 1.19 bits per heavy atom. The highest BCUT2D eigenvalue weighted by Crippen LogP contribution is 2.28. The van der Waals surface area contributed by atoms with Gasteiger partial charge in [0.25, 0.3) is 5.91 Å². The van der Waals surface area contributed by atoms with E-state index >= 15 is 0 Å². The quantitative estimate of drug-likeness (QED) is 0.712. The number of hydrogen-bond donors (Lipinski definition) is 1. The van der Waals surface area contributed by atoms with E-state index in [1.807, 2.05) is 61.7 Å². The van der Waals surface area contributed by atoms with Gasteiger partial charge < -0.3 is 10.2 Å². The van der Waals surface area contributed by atoms with Gasteiger partial charge in [0.15, 0.2) is 0 Å². The van der Waals surface area contributed by atoms with E-state index in [4.69, 9.17) is 0 Å². The standard InChI is InChI=1S/C20H22N4O2S/c1-14(2)21-18(25)13-23(3)20(26)16-12-24(15-8-5-4-6-9-15)22-19(16)17-10-7-11-27-17/h4-12,14H,13H2,1-3H3,(H,21,25). The fourth-order valence-electron chi connectivity index (χ4n) is 2.70. The molecule has 140 valence electrons. The summed E-state index contributed by atoms with van der Waals surface area (Å²) in [6.07, 6.45) is 1.73. The number of rotatable bonds is 6. The van der Waals surface area contributed by atoms with Crippen molar-refractivity contribution in [3.05, 3.63) is 59.6 Å². The molecule has 1 N–H and O–H groups in total. The summed E-state index contributed by atoms with van der Waals surface area (Å²) in [6, 6.07) is 13.5. The van der Waals surface area contributed by atoms with Crippen LogP contribution in [0.15, 0.2) is 54.0 Å². The molecule has 0 aliphatic carbocycles. The molecule has 0 spiro atoms. The minimum Gasteiger partial charge on any atom is -0.352 e. The van der Waals surface area contributed by atoms with Crippen LogP contribution in [-0.2, 0) is 4.79 Å². The van der Waals surface area contributed by atoms with E-state index in [1.165, 1.54) is 16.2 Å². The number of aromatic nitrogens is 2. The molecule has 6 nitrogen and oxygen atoms in total. The van der Waals surface area contributed by atoms with Gasteiger partial charge in [-0.15, -0.1) is 11.3 Å². The molecule has 0 saturated carbocycles. The fourth-order valence-corrected chi connectivity index (χ4v) is 3.42. The number of likely N-dealkylation sites (N-methyl/N-ethyl adjacent to an activating group) is 1. The highest BCUT2D eigenvalue weighted by Gasteiger charge is 2.23. The van der Waals surface area contributed by atoms with E-state index in [0.29, 0.717) is 11.3 Å². The molecule has 0 atom stereocenters. The molecule has 0 saturated heterocycles. The Labute approximate surface area is 162 Å². The SMILES string of the molecule is CC(C)NC(=O)CN(C)C(=O)c1cn(-c2ccccc2)nc1-c1cccs1. The van der Waals surface area contributed by atoms with Crippen LogP contribution >= 0.6 is 11.3 Å². The topological polar surface area (TPSA) is 67.2 Å². The number of amides is 2. The average molecular weight is 382 g/mol. The molecule has 0 unspecified atom stereocenters. The first-order valence-corrected chi connectivity index (χ1v) is 9.57. The summed E-state index contributed by atoms with van der Waals surface area (Å²) >= 11 is 1.52. The number of para-hydroxylation sites is 1. The third kappa shape index (κ3) is 4.43. The van der Waals surface area contributed by atoms with Crippen LogP contribution in [0.5, 0.6) is 0 Å². The maximum absolute atomic E-state index is 13.0. The van der Waals surface area contributed by atoms with E-state index in [2.05, 4.69) is 10.4 Å². The molecule has 2 heterocycles. The smallest absolute Gasteiger partial charge is 0.257 e. The molecular weight excluding hydrogens is 360 g/mol. The molecule has 7 heteroatoms. The molecule has 0 aliphatic rings. The normalized spacial score (nSPS) is 10.8.